The van der Waals surface area contributed by atoms with Crippen molar-refractivity contribution in [2.24, 2.45) is 5.73 Å². The summed E-state index contributed by atoms with van der Waals surface area (Å²) in [6.45, 7) is 2.87. The molecule has 3 heteroatoms. The predicted octanol–water partition coefficient (Wildman–Crippen LogP) is 3.24. The second-order valence-corrected chi connectivity index (χ2v) is 5.12. The van der Waals surface area contributed by atoms with E-state index >= 15 is 0 Å². The molecule has 0 bridgehead atoms. The van der Waals surface area contributed by atoms with Crippen LogP contribution in [0.5, 0.6) is 0 Å². The average molecular weight is 246 g/mol. The fourth-order valence-corrected chi connectivity index (χ4v) is 2.71. The largest absolute Gasteiger partial charge is 0.330 e. The van der Waals surface area contributed by atoms with Gasteiger partial charge in [-0.3, -0.25) is 0 Å². The molecule has 1 aromatic carbocycles. The molecule has 0 saturated heterocycles. The number of benzene rings is 1. The minimum Gasteiger partial charge on any atom is -0.330 e. The van der Waals surface area contributed by atoms with Crippen LogP contribution >= 0.6 is 11.8 Å². The van der Waals surface area contributed by atoms with Crippen LogP contribution < -0.4 is 5.73 Å². The van der Waals surface area contributed by atoms with Crippen molar-refractivity contribution in [1.82, 2.24) is 4.98 Å². The van der Waals surface area contributed by atoms with Gasteiger partial charge in [0.05, 0.1) is 10.5 Å². The normalized spacial score (nSPS) is 10.9. The third-order valence-electron chi connectivity index (χ3n) is 2.62. The number of nitrogens with two attached hydrogens (primary N) is 1. The van der Waals surface area contributed by atoms with Gasteiger partial charge in [0.2, 0.25) is 0 Å². The van der Waals surface area contributed by atoms with Crippen molar-refractivity contribution in [2.45, 2.75) is 24.8 Å². The molecule has 0 aliphatic heterocycles. The SMILES string of the molecule is CCCSc1nc2ccccc2cc1CCN. The summed E-state index contributed by atoms with van der Waals surface area (Å²) in [5, 5.41) is 2.35. The first kappa shape index (κ1) is 12.4. The van der Waals surface area contributed by atoms with Crippen molar-refractivity contribution in [2.75, 3.05) is 12.3 Å². The molecule has 1 heterocycles. The Morgan fingerprint density at radius 2 is 2.12 bits per heavy atom. The number of hydrogen-bond donors (Lipinski definition) is 1. The molecule has 0 radical (unpaired) electrons. The van der Waals surface area contributed by atoms with Crippen LogP contribution in [-0.2, 0) is 6.42 Å². The molecule has 1 aromatic heterocycles. The van der Waals surface area contributed by atoms with E-state index < -0.39 is 0 Å². The fourth-order valence-electron chi connectivity index (χ4n) is 1.80. The van der Waals surface area contributed by atoms with Crippen molar-refractivity contribution in [3.8, 4) is 0 Å². The first-order valence-corrected chi connectivity index (χ1v) is 7.05. The lowest BCUT2D eigenvalue weighted by molar-refractivity contribution is 0.921. The minimum atomic E-state index is 0.680. The smallest absolute Gasteiger partial charge is 0.1000 e. The Bertz CT molecular complexity index is 497. The topological polar surface area (TPSA) is 38.9 Å². The molecule has 0 spiro atoms. The Morgan fingerprint density at radius 3 is 2.88 bits per heavy atom. The molecule has 0 unspecified atom stereocenters. The summed E-state index contributed by atoms with van der Waals surface area (Å²) >= 11 is 1.84. The van der Waals surface area contributed by atoms with Crippen LogP contribution in [0, 0.1) is 0 Å². The van der Waals surface area contributed by atoms with Crippen molar-refractivity contribution in [3.05, 3.63) is 35.9 Å². The van der Waals surface area contributed by atoms with E-state index in [1.165, 1.54) is 17.4 Å². The second kappa shape index (κ2) is 6.03. The highest BCUT2D eigenvalue weighted by Crippen LogP contribution is 2.25. The Labute approximate surface area is 107 Å². The Balaban J connectivity index is 2.42. The molecule has 0 amide bonds. The Kier molecular flexibility index (Phi) is 4.40. The van der Waals surface area contributed by atoms with Crippen LogP contribution in [0.3, 0.4) is 0 Å². The maximum atomic E-state index is 5.67. The van der Waals surface area contributed by atoms with Gasteiger partial charge in [0.15, 0.2) is 0 Å². The molecule has 2 aromatic rings. The van der Waals surface area contributed by atoms with Crippen LogP contribution in [0.15, 0.2) is 35.4 Å². The second-order valence-electron chi connectivity index (χ2n) is 4.03. The summed E-state index contributed by atoms with van der Waals surface area (Å²) in [4.78, 5) is 4.74. The lowest BCUT2D eigenvalue weighted by Gasteiger charge is -2.09. The number of hydrogen-bond acceptors (Lipinski definition) is 3. The molecule has 0 atom stereocenters. The zero-order valence-corrected chi connectivity index (χ0v) is 11.0. The van der Waals surface area contributed by atoms with Gasteiger partial charge < -0.3 is 5.73 Å². The van der Waals surface area contributed by atoms with Gasteiger partial charge in [-0.05, 0) is 42.8 Å². The van der Waals surface area contributed by atoms with E-state index in [0.717, 1.165) is 22.7 Å². The van der Waals surface area contributed by atoms with Gasteiger partial charge in [0.1, 0.15) is 0 Å². The summed E-state index contributed by atoms with van der Waals surface area (Å²) < 4.78 is 0. The van der Waals surface area contributed by atoms with Gasteiger partial charge in [-0.1, -0.05) is 25.1 Å². The number of pyridine rings is 1. The molecule has 0 fully saturated rings. The maximum Gasteiger partial charge on any atom is 0.1000 e. The van der Waals surface area contributed by atoms with E-state index in [1.54, 1.807) is 0 Å². The molecule has 17 heavy (non-hydrogen) atoms. The molecule has 0 saturated carbocycles. The van der Waals surface area contributed by atoms with Gasteiger partial charge in [-0.2, -0.15) is 0 Å². The molecular formula is C14H18N2S. The van der Waals surface area contributed by atoms with Gasteiger partial charge in [-0.25, -0.2) is 4.98 Å². The van der Waals surface area contributed by atoms with E-state index in [9.17, 15) is 0 Å². The van der Waals surface area contributed by atoms with Crippen LogP contribution in [0.25, 0.3) is 10.9 Å². The van der Waals surface area contributed by atoms with E-state index in [0.29, 0.717) is 6.54 Å². The minimum absolute atomic E-state index is 0.680. The molecule has 0 aliphatic rings. The zero-order chi connectivity index (χ0) is 12.1. The molecular weight excluding hydrogens is 228 g/mol. The Morgan fingerprint density at radius 1 is 1.29 bits per heavy atom. The highest BCUT2D eigenvalue weighted by atomic mass is 32.2. The van der Waals surface area contributed by atoms with Crippen LogP contribution in [-0.4, -0.2) is 17.3 Å². The number of fused-ring (bicyclic) bond motifs is 1. The Hall–Kier alpha value is -1.06. The monoisotopic (exact) mass is 246 g/mol. The molecule has 90 valence electrons. The quantitative estimate of drug-likeness (QED) is 0.823. The maximum absolute atomic E-state index is 5.67. The number of nitrogens with zero attached hydrogens (tertiary/aromatic N) is 1. The van der Waals surface area contributed by atoms with Gasteiger partial charge in [0, 0.05) is 5.39 Å². The highest BCUT2D eigenvalue weighted by Gasteiger charge is 2.06. The fraction of sp³-hybridized carbons (Fsp3) is 0.357. The van der Waals surface area contributed by atoms with Crippen molar-refractivity contribution < 1.29 is 0 Å². The molecule has 2 rings (SSSR count). The van der Waals surface area contributed by atoms with E-state index in [-0.39, 0.29) is 0 Å². The third-order valence-corrected chi connectivity index (χ3v) is 3.86. The summed E-state index contributed by atoms with van der Waals surface area (Å²) in [5.74, 6) is 1.11. The first-order valence-electron chi connectivity index (χ1n) is 6.06. The molecule has 2 nitrogen and oxygen atoms in total. The lowest BCUT2D eigenvalue weighted by atomic mass is 10.1. The lowest BCUT2D eigenvalue weighted by Crippen LogP contribution is -2.05. The van der Waals surface area contributed by atoms with Crippen molar-refractivity contribution in [1.29, 1.82) is 0 Å². The van der Waals surface area contributed by atoms with Crippen LogP contribution in [0.4, 0.5) is 0 Å². The number of rotatable bonds is 5. The predicted molar refractivity (Wildman–Crippen MR) is 75.5 cm³/mol. The van der Waals surface area contributed by atoms with Gasteiger partial charge >= 0.3 is 0 Å². The van der Waals surface area contributed by atoms with Gasteiger partial charge in [-0.15, -0.1) is 11.8 Å². The summed E-state index contributed by atoms with van der Waals surface area (Å²) in [5.41, 5.74) is 8.02. The summed E-state index contributed by atoms with van der Waals surface area (Å²) in [7, 11) is 0. The number of thioether (sulfide) groups is 1. The van der Waals surface area contributed by atoms with Gasteiger partial charge in [0.25, 0.3) is 0 Å². The van der Waals surface area contributed by atoms with E-state index in [4.69, 9.17) is 10.7 Å². The van der Waals surface area contributed by atoms with Crippen molar-refractivity contribution in [3.63, 3.8) is 0 Å². The molecule has 0 aliphatic carbocycles. The van der Waals surface area contributed by atoms with Crippen LogP contribution in [0.2, 0.25) is 0 Å². The standard InChI is InChI=1S/C14H18N2S/c1-2-9-17-14-12(7-8-15)10-11-5-3-4-6-13(11)16-14/h3-6,10H,2,7-9,15H2,1H3. The van der Waals surface area contributed by atoms with E-state index in [1.807, 2.05) is 17.8 Å². The third kappa shape index (κ3) is 2.99. The zero-order valence-electron chi connectivity index (χ0n) is 10.1. The van der Waals surface area contributed by atoms with E-state index in [2.05, 4.69) is 31.2 Å². The number of para-hydroxylation sites is 1. The average Bonchev–Trinajstić information content (AvgIpc) is 2.36. The first-order chi connectivity index (χ1) is 8.35. The van der Waals surface area contributed by atoms with Crippen molar-refractivity contribution >= 4 is 22.7 Å². The summed E-state index contributed by atoms with van der Waals surface area (Å²) in [6.07, 6.45) is 2.07. The van der Waals surface area contributed by atoms with Crippen LogP contribution in [0.1, 0.15) is 18.9 Å². The number of aromatic nitrogens is 1. The highest BCUT2D eigenvalue weighted by molar-refractivity contribution is 7.99. The summed E-state index contributed by atoms with van der Waals surface area (Å²) in [6, 6.07) is 10.5. The molecule has 2 N–H and O–H groups in total.